The van der Waals surface area contributed by atoms with E-state index in [0.29, 0.717) is 18.2 Å². The summed E-state index contributed by atoms with van der Waals surface area (Å²) >= 11 is 1.15. The topological polar surface area (TPSA) is 135 Å². The van der Waals surface area contributed by atoms with E-state index in [1.807, 2.05) is 30.3 Å². The van der Waals surface area contributed by atoms with Crippen molar-refractivity contribution in [2.24, 2.45) is 0 Å². The van der Waals surface area contributed by atoms with Crippen molar-refractivity contribution in [2.45, 2.75) is 0 Å². The van der Waals surface area contributed by atoms with Gasteiger partial charge in [0, 0.05) is 18.8 Å². The van der Waals surface area contributed by atoms with Crippen LogP contribution in [0.15, 0.2) is 46.9 Å². The maximum atomic E-state index is 12.0. The van der Waals surface area contributed by atoms with E-state index in [1.54, 1.807) is 0 Å². The van der Waals surface area contributed by atoms with Crippen LogP contribution in [-0.4, -0.2) is 34.1 Å². The van der Waals surface area contributed by atoms with Crippen molar-refractivity contribution in [1.29, 1.82) is 0 Å². The third-order valence-electron chi connectivity index (χ3n) is 3.15. The number of hydrogen-bond acceptors (Lipinski definition) is 9. The average molecular weight is 374 g/mol. The fourth-order valence-electron chi connectivity index (χ4n) is 1.98. The van der Waals surface area contributed by atoms with Crippen LogP contribution in [0.5, 0.6) is 0 Å². The van der Waals surface area contributed by atoms with E-state index >= 15 is 0 Å². The Kier molecular flexibility index (Phi) is 5.39. The number of carbonyl (C=O) groups is 1. The van der Waals surface area contributed by atoms with Gasteiger partial charge in [-0.05, 0) is 18.2 Å². The highest BCUT2D eigenvalue weighted by Crippen LogP contribution is 2.22. The largest absolute Gasteiger partial charge is 0.433 e. The summed E-state index contributed by atoms with van der Waals surface area (Å²) in [5, 5.41) is 27.9. The third-order valence-corrected chi connectivity index (χ3v) is 3.94. The van der Waals surface area contributed by atoms with E-state index in [4.69, 9.17) is 4.42 Å². The Balaban J connectivity index is 1.46. The lowest BCUT2D eigenvalue weighted by atomic mass is 10.3. The summed E-state index contributed by atoms with van der Waals surface area (Å²) in [6.45, 7) is 1.29. The molecule has 134 valence electrons. The zero-order valence-corrected chi connectivity index (χ0v) is 14.2. The summed E-state index contributed by atoms with van der Waals surface area (Å²) in [5.41, 5.74) is 1.02. The monoisotopic (exact) mass is 374 g/mol. The average Bonchev–Trinajstić information content (AvgIpc) is 3.29. The van der Waals surface area contributed by atoms with Crippen molar-refractivity contribution >= 4 is 39.1 Å². The number of para-hydroxylation sites is 1. The summed E-state index contributed by atoms with van der Waals surface area (Å²) in [6.07, 6.45) is 0. The van der Waals surface area contributed by atoms with E-state index in [-0.39, 0.29) is 10.9 Å². The Morgan fingerprint density at radius 1 is 1.08 bits per heavy atom. The Morgan fingerprint density at radius 2 is 1.81 bits per heavy atom. The molecule has 0 aliphatic carbocycles. The van der Waals surface area contributed by atoms with Gasteiger partial charge in [0.25, 0.3) is 5.91 Å². The van der Waals surface area contributed by atoms with Gasteiger partial charge in [-0.2, -0.15) is 0 Å². The number of nitrogens with one attached hydrogen (secondary N) is 3. The smallest absolute Gasteiger partial charge is 0.395 e. The molecule has 2 aromatic heterocycles. The molecule has 0 atom stereocenters. The normalized spacial score (nSPS) is 10.3. The fourth-order valence-corrected chi connectivity index (χ4v) is 2.65. The fraction of sp³-hybridized carbons (Fsp3) is 0.133. The Bertz CT molecular complexity index is 894. The number of nitro groups is 1. The predicted octanol–water partition coefficient (Wildman–Crippen LogP) is 2.82. The summed E-state index contributed by atoms with van der Waals surface area (Å²) in [7, 11) is 0. The molecule has 0 radical (unpaired) electrons. The second-order valence-electron chi connectivity index (χ2n) is 4.98. The highest BCUT2D eigenvalue weighted by atomic mass is 32.1. The number of hydrogen-bond donors (Lipinski definition) is 3. The van der Waals surface area contributed by atoms with Gasteiger partial charge in [-0.1, -0.05) is 29.5 Å². The maximum absolute atomic E-state index is 12.0. The number of aromatic nitrogens is 2. The lowest BCUT2D eigenvalue weighted by molar-refractivity contribution is -0.402. The molecule has 0 aliphatic rings. The van der Waals surface area contributed by atoms with Crippen LogP contribution in [0.1, 0.15) is 10.6 Å². The van der Waals surface area contributed by atoms with Crippen LogP contribution in [0.2, 0.25) is 0 Å². The molecule has 0 bridgehead atoms. The first kappa shape index (κ1) is 17.4. The van der Waals surface area contributed by atoms with E-state index in [2.05, 4.69) is 26.1 Å². The summed E-state index contributed by atoms with van der Waals surface area (Å²) in [4.78, 5) is 21.8. The first-order chi connectivity index (χ1) is 12.6. The number of nitrogens with zero attached hydrogens (tertiary/aromatic N) is 3. The van der Waals surface area contributed by atoms with Gasteiger partial charge >= 0.3 is 5.88 Å². The van der Waals surface area contributed by atoms with E-state index in [9.17, 15) is 14.9 Å². The van der Waals surface area contributed by atoms with Gasteiger partial charge < -0.3 is 15.1 Å². The van der Waals surface area contributed by atoms with Gasteiger partial charge in [0.1, 0.15) is 4.92 Å². The lowest BCUT2D eigenvalue weighted by Crippen LogP contribution is -2.13. The Hall–Kier alpha value is -3.47. The van der Waals surface area contributed by atoms with Crippen LogP contribution in [0.25, 0.3) is 0 Å². The van der Waals surface area contributed by atoms with Gasteiger partial charge in [0.15, 0.2) is 5.76 Å². The molecule has 3 N–H and O–H groups in total. The quantitative estimate of drug-likeness (QED) is 0.311. The molecule has 3 aromatic rings. The van der Waals surface area contributed by atoms with Crippen LogP contribution in [-0.2, 0) is 0 Å². The molecule has 0 aliphatic heterocycles. The number of furan rings is 1. The van der Waals surface area contributed by atoms with Crippen molar-refractivity contribution in [3.63, 3.8) is 0 Å². The van der Waals surface area contributed by atoms with Crippen LogP contribution >= 0.6 is 11.3 Å². The minimum absolute atomic E-state index is 0.173. The number of amides is 1. The third kappa shape index (κ3) is 4.54. The number of carbonyl (C=O) groups excluding carboxylic acids is 1. The highest BCUT2D eigenvalue weighted by molar-refractivity contribution is 7.19. The molecule has 1 aromatic carbocycles. The van der Waals surface area contributed by atoms with Crippen molar-refractivity contribution < 1.29 is 14.1 Å². The SMILES string of the molecule is O=C(Nc1nnc(NCCNc2ccccc2)s1)c1ccc([N+](=O)[O-])o1. The molecule has 0 unspecified atom stereocenters. The van der Waals surface area contributed by atoms with E-state index in [0.717, 1.165) is 23.1 Å². The second-order valence-corrected chi connectivity index (χ2v) is 5.96. The zero-order chi connectivity index (χ0) is 18.4. The second kappa shape index (κ2) is 8.07. The van der Waals surface area contributed by atoms with Crippen LogP contribution < -0.4 is 16.0 Å². The molecule has 3 rings (SSSR count). The molecular formula is C15H14N6O4S. The molecule has 11 heteroatoms. The molecule has 0 spiro atoms. The van der Waals surface area contributed by atoms with Crippen molar-refractivity contribution in [2.75, 3.05) is 29.0 Å². The molecular weight excluding hydrogens is 360 g/mol. The summed E-state index contributed by atoms with van der Waals surface area (Å²) < 4.78 is 4.83. The van der Waals surface area contributed by atoms with Crippen LogP contribution in [0.4, 0.5) is 21.8 Å². The van der Waals surface area contributed by atoms with Gasteiger partial charge in [-0.3, -0.25) is 20.2 Å². The molecule has 10 nitrogen and oxygen atoms in total. The summed E-state index contributed by atoms with van der Waals surface area (Å²) in [5.74, 6) is -1.30. The van der Waals surface area contributed by atoms with Gasteiger partial charge in [0.05, 0.1) is 6.07 Å². The number of rotatable bonds is 8. The van der Waals surface area contributed by atoms with Crippen LogP contribution in [0, 0.1) is 10.1 Å². The van der Waals surface area contributed by atoms with E-state index < -0.39 is 16.7 Å². The zero-order valence-electron chi connectivity index (χ0n) is 13.3. The molecule has 26 heavy (non-hydrogen) atoms. The minimum atomic E-state index is -0.715. The first-order valence-electron chi connectivity index (χ1n) is 7.54. The lowest BCUT2D eigenvalue weighted by Gasteiger charge is -2.05. The predicted molar refractivity (Wildman–Crippen MR) is 96.6 cm³/mol. The van der Waals surface area contributed by atoms with Crippen molar-refractivity contribution in [3.8, 4) is 0 Å². The first-order valence-corrected chi connectivity index (χ1v) is 8.35. The standard InChI is InChI=1S/C15H14N6O4S/c22-13(11-6-7-12(25-11)21(23)24)18-15-20-19-14(26-15)17-9-8-16-10-4-2-1-3-5-10/h1-7,16H,8-9H2,(H,17,19)(H,18,20,22). The maximum Gasteiger partial charge on any atom is 0.433 e. The van der Waals surface area contributed by atoms with Crippen LogP contribution in [0.3, 0.4) is 0 Å². The Morgan fingerprint density at radius 3 is 2.54 bits per heavy atom. The Labute approximate surface area is 151 Å². The molecule has 2 heterocycles. The van der Waals surface area contributed by atoms with Gasteiger partial charge in [-0.25, -0.2) is 0 Å². The molecule has 0 fully saturated rings. The number of anilines is 3. The highest BCUT2D eigenvalue weighted by Gasteiger charge is 2.18. The summed E-state index contributed by atoms with van der Waals surface area (Å²) in [6, 6.07) is 12.1. The van der Waals surface area contributed by atoms with Crippen molar-refractivity contribution in [3.05, 3.63) is 58.3 Å². The van der Waals surface area contributed by atoms with E-state index in [1.165, 1.54) is 6.07 Å². The molecule has 0 saturated heterocycles. The molecule has 0 saturated carbocycles. The van der Waals surface area contributed by atoms with Gasteiger partial charge in [0.2, 0.25) is 10.3 Å². The molecule has 1 amide bonds. The van der Waals surface area contributed by atoms with Gasteiger partial charge in [-0.15, -0.1) is 10.2 Å². The minimum Gasteiger partial charge on any atom is -0.395 e. The number of benzene rings is 1. The van der Waals surface area contributed by atoms with Crippen molar-refractivity contribution in [1.82, 2.24) is 10.2 Å².